The second-order valence-corrected chi connectivity index (χ2v) is 5.45. The van der Waals surface area contributed by atoms with Crippen molar-refractivity contribution < 1.29 is 14.3 Å². The van der Waals surface area contributed by atoms with Crippen molar-refractivity contribution in [3.05, 3.63) is 30.1 Å². The van der Waals surface area contributed by atoms with Crippen LogP contribution in [-0.2, 0) is 9.53 Å². The number of nitrogens with zero attached hydrogens (tertiary/aromatic N) is 3. The van der Waals surface area contributed by atoms with Gasteiger partial charge in [0.05, 0.1) is 24.6 Å². The molecule has 1 aromatic rings. The molecule has 6 heteroatoms. The summed E-state index contributed by atoms with van der Waals surface area (Å²) in [4.78, 5) is 32.2. The molecule has 0 bridgehead atoms. The number of hydrogen-bond donors (Lipinski definition) is 0. The van der Waals surface area contributed by atoms with Gasteiger partial charge in [-0.15, -0.1) is 0 Å². The average Bonchev–Trinajstić information content (AvgIpc) is 3.11. The summed E-state index contributed by atoms with van der Waals surface area (Å²) in [6.07, 6.45) is 4.28. The van der Waals surface area contributed by atoms with Crippen molar-refractivity contribution in [1.29, 1.82) is 0 Å². The van der Waals surface area contributed by atoms with Gasteiger partial charge < -0.3 is 14.5 Å². The largest absolute Gasteiger partial charge is 0.351 e. The molecule has 0 unspecified atom stereocenters. The highest BCUT2D eigenvalue weighted by atomic mass is 16.5. The van der Waals surface area contributed by atoms with Crippen LogP contribution in [0.2, 0.25) is 0 Å². The molecule has 2 amide bonds. The lowest BCUT2D eigenvalue weighted by Crippen LogP contribution is -2.48. The predicted molar refractivity (Wildman–Crippen MR) is 68.7 cm³/mol. The second-order valence-electron chi connectivity index (χ2n) is 5.45. The fourth-order valence-corrected chi connectivity index (χ4v) is 3.69. The lowest BCUT2D eigenvalue weighted by molar-refractivity contribution is -0.136. The van der Waals surface area contributed by atoms with E-state index in [1.165, 1.54) is 0 Å². The molecular formula is C14H15N3O3. The van der Waals surface area contributed by atoms with Gasteiger partial charge in [-0.05, 0) is 12.1 Å². The van der Waals surface area contributed by atoms with Crippen molar-refractivity contribution in [2.45, 2.75) is 24.6 Å². The Kier molecular flexibility index (Phi) is 2.38. The predicted octanol–water partition coefficient (Wildman–Crippen LogP) is 0.255. The number of rotatable bonds is 1. The van der Waals surface area contributed by atoms with E-state index >= 15 is 0 Å². The first-order valence-corrected chi connectivity index (χ1v) is 6.88. The molecule has 6 nitrogen and oxygen atoms in total. The van der Waals surface area contributed by atoms with Crippen LogP contribution >= 0.6 is 0 Å². The zero-order valence-electron chi connectivity index (χ0n) is 11.0. The standard InChI is InChI=1S/C14H15N3O3/c18-12-8-11-14(17(12)6-7-20-14)3-5-16(11)13(19)10-2-1-4-15-9-10/h1-2,4,9,11H,3,5-8H2/t11-,14+/m1/s1. The number of carbonyl (C=O) groups excluding carboxylic acids is 2. The van der Waals surface area contributed by atoms with E-state index in [4.69, 9.17) is 4.74 Å². The topological polar surface area (TPSA) is 62.7 Å². The zero-order chi connectivity index (χ0) is 13.7. The summed E-state index contributed by atoms with van der Waals surface area (Å²) in [5, 5.41) is 0. The molecule has 0 aromatic carbocycles. The molecule has 3 fully saturated rings. The highest BCUT2D eigenvalue weighted by Gasteiger charge is 2.62. The Labute approximate surface area is 116 Å². The third kappa shape index (κ3) is 1.39. The van der Waals surface area contributed by atoms with E-state index in [1.807, 2.05) is 4.90 Å². The van der Waals surface area contributed by atoms with Gasteiger partial charge in [-0.3, -0.25) is 14.6 Å². The van der Waals surface area contributed by atoms with Crippen molar-refractivity contribution in [1.82, 2.24) is 14.8 Å². The molecule has 4 rings (SSSR count). The van der Waals surface area contributed by atoms with Gasteiger partial charge in [-0.2, -0.15) is 0 Å². The third-order valence-electron chi connectivity index (χ3n) is 4.57. The van der Waals surface area contributed by atoms with Crippen LogP contribution in [0.15, 0.2) is 24.5 Å². The van der Waals surface area contributed by atoms with Crippen LogP contribution in [0.4, 0.5) is 0 Å². The zero-order valence-corrected chi connectivity index (χ0v) is 11.0. The number of hydrogen-bond acceptors (Lipinski definition) is 4. The van der Waals surface area contributed by atoms with E-state index in [-0.39, 0.29) is 17.9 Å². The van der Waals surface area contributed by atoms with Gasteiger partial charge >= 0.3 is 0 Å². The Morgan fingerprint density at radius 2 is 2.35 bits per heavy atom. The van der Waals surface area contributed by atoms with Crippen molar-refractivity contribution in [3.8, 4) is 0 Å². The minimum Gasteiger partial charge on any atom is -0.351 e. The van der Waals surface area contributed by atoms with Crippen LogP contribution in [0.25, 0.3) is 0 Å². The van der Waals surface area contributed by atoms with Crippen LogP contribution in [0.1, 0.15) is 23.2 Å². The van der Waals surface area contributed by atoms with Crippen LogP contribution in [0.5, 0.6) is 0 Å². The Hall–Kier alpha value is -1.95. The molecule has 0 N–H and O–H groups in total. The van der Waals surface area contributed by atoms with Crippen molar-refractivity contribution in [2.75, 3.05) is 19.7 Å². The summed E-state index contributed by atoms with van der Waals surface area (Å²) in [6, 6.07) is 3.34. The molecule has 4 heterocycles. The molecule has 0 saturated carbocycles. The summed E-state index contributed by atoms with van der Waals surface area (Å²) in [5.41, 5.74) is 0.00281. The SMILES string of the molecule is O=C(c1cccnc1)N1CC[C@@]23OCCN2C(=O)C[C@@H]13. The van der Waals surface area contributed by atoms with E-state index in [2.05, 4.69) is 4.98 Å². The fraction of sp³-hybridized carbons (Fsp3) is 0.500. The Morgan fingerprint density at radius 3 is 3.15 bits per heavy atom. The molecule has 1 spiro atoms. The van der Waals surface area contributed by atoms with Crippen LogP contribution in [-0.4, -0.2) is 58.1 Å². The molecule has 2 atom stereocenters. The number of likely N-dealkylation sites (tertiary alicyclic amines) is 1. The smallest absolute Gasteiger partial charge is 0.255 e. The minimum absolute atomic E-state index is 0.0647. The molecule has 0 aliphatic carbocycles. The Balaban J connectivity index is 1.66. The summed E-state index contributed by atoms with van der Waals surface area (Å²) < 4.78 is 5.87. The van der Waals surface area contributed by atoms with Gasteiger partial charge in [0.25, 0.3) is 5.91 Å². The van der Waals surface area contributed by atoms with E-state index in [0.29, 0.717) is 38.1 Å². The maximum absolute atomic E-state index is 12.6. The van der Waals surface area contributed by atoms with Gasteiger partial charge in [0.15, 0.2) is 5.72 Å². The molecule has 3 saturated heterocycles. The number of aromatic nitrogens is 1. The van der Waals surface area contributed by atoms with Crippen LogP contribution < -0.4 is 0 Å². The van der Waals surface area contributed by atoms with Gasteiger partial charge in [-0.1, -0.05) is 0 Å². The Bertz CT molecular complexity index is 576. The van der Waals surface area contributed by atoms with Gasteiger partial charge in [0.2, 0.25) is 5.91 Å². The van der Waals surface area contributed by atoms with Crippen LogP contribution in [0.3, 0.4) is 0 Å². The van der Waals surface area contributed by atoms with Crippen molar-refractivity contribution in [2.24, 2.45) is 0 Å². The number of ether oxygens (including phenoxy) is 1. The second kappa shape index (κ2) is 4.02. The molecule has 0 radical (unpaired) electrons. The van der Waals surface area contributed by atoms with E-state index < -0.39 is 5.72 Å². The normalized spacial score (nSPS) is 31.6. The van der Waals surface area contributed by atoms with Crippen molar-refractivity contribution in [3.63, 3.8) is 0 Å². The highest BCUT2D eigenvalue weighted by Crippen LogP contribution is 2.45. The minimum atomic E-state index is -0.561. The number of amides is 2. The summed E-state index contributed by atoms with van der Waals surface area (Å²) in [7, 11) is 0. The van der Waals surface area contributed by atoms with E-state index in [1.54, 1.807) is 29.4 Å². The fourth-order valence-electron chi connectivity index (χ4n) is 3.69. The first-order chi connectivity index (χ1) is 9.72. The van der Waals surface area contributed by atoms with E-state index in [9.17, 15) is 9.59 Å². The lowest BCUT2D eigenvalue weighted by Gasteiger charge is -2.31. The summed E-state index contributed by atoms with van der Waals surface area (Å²) in [5.74, 6) is 0.0290. The molecule has 104 valence electrons. The number of carbonyl (C=O) groups is 2. The van der Waals surface area contributed by atoms with E-state index in [0.717, 1.165) is 0 Å². The number of pyridine rings is 1. The average molecular weight is 273 g/mol. The van der Waals surface area contributed by atoms with Crippen LogP contribution in [0, 0.1) is 0 Å². The first-order valence-electron chi connectivity index (χ1n) is 6.88. The quantitative estimate of drug-likeness (QED) is 0.736. The molecule has 1 aromatic heterocycles. The summed E-state index contributed by atoms with van der Waals surface area (Å²) in [6.45, 7) is 1.84. The van der Waals surface area contributed by atoms with Crippen molar-refractivity contribution >= 4 is 11.8 Å². The maximum atomic E-state index is 12.6. The highest BCUT2D eigenvalue weighted by molar-refractivity contribution is 5.95. The third-order valence-corrected chi connectivity index (χ3v) is 4.57. The van der Waals surface area contributed by atoms with Gasteiger partial charge in [0, 0.05) is 31.9 Å². The molecule has 3 aliphatic rings. The molecular weight excluding hydrogens is 258 g/mol. The van der Waals surface area contributed by atoms with Gasteiger partial charge in [0.1, 0.15) is 0 Å². The molecule has 3 aliphatic heterocycles. The first kappa shape index (κ1) is 11.8. The molecule has 20 heavy (non-hydrogen) atoms. The monoisotopic (exact) mass is 273 g/mol. The summed E-state index contributed by atoms with van der Waals surface area (Å²) >= 11 is 0. The Morgan fingerprint density at radius 1 is 1.45 bits per heavy atom. The van der Waals surface area contributed by atoms with Gasteiger partial charge in [-0.25, -0.2) is 0 Å². The lowest BCUT2D eigenvalue weighted by atomic mass is 10.1. The maximum Gasteiger partial charge on any atom is 0.255 e.